The maximum atomic E-state index is 11.9. The maximum Gasteiger partial charge on any atom is 0.515 e. The summed E-state index contributed by atoms with van der Waals surface area (Å²) in [6.07, 6.45) is 4.81. The van der Waals surface area contributed by atoms with Gasteiger partial charge in [0, 0.05) is 18.9 Å². The zero-order valence-corrected chi connectivity index (χ0v) is 18.3. The quantitative estimate of drug-likeness (QED) is 0.621. The van der Waals surface area contributed by atoms with Gasteiger partial charge in [-0.05, 0) is 69.2 Å². The van der Waals surface area contributed by atoms with Gasteiger partial charge in [-0.25, -0.2) is 4.79 Å². The molecule has 1 aromatic carbocycles. The lowest BCUT2D eigenvalue weighted by Gasteiger charge is -2.25. The van der Waals surface area contributed by atoms with Gasteiger partial charge in [-0.15, -0.1) is 0 Å². The molecule has 1 aliphatic rings. The number of carbonyl (C=O) groups excluding carboxylic acids is 1. The molecule has 2 unspecified atom stereocenters. The Bertz CT molecular complexity index is 662. The number of hydrogen-bond acceptors (Lipinski definition) is 4. The van der Waals surface area contributed by atoms with Gasteiger partial charge in [0.15, 0.2) is 0 Å². The Morgan fingerprint density at radius 3 is 2.36 bits per heavy atom. The summed E-state index contributed by atoms with van der Waals surface area (Å²) in [5.41, 5.74) is 0.550. The molecule has 1 amide bonds. The standard InChI is InChI=1S/C21H32NO5P/c1-16(22-19(23)27-20(2,3)4)14-17-8-10-18(11-9-17)26-15-21(28(24)25)12-6-5-7-13-21/h8-11,16H,5-7,12-15H2,1-4H3,(H-,22,23,24,25)/p+1. The van der Waals surface area contributed by atoms with Crippen molar-refractivity contribution in [1.82, 2.24) is 5.32 Å². The summed E-state index contributed by atoms with van der Waals surface area (Å²) >= 11 is 0. The first-order valence-corrected chi connectivity index (χ1v) is 11.2. The van der Waals surface area contributed by atoms with Gasteiger partial charge in [-0.3, -0.25) is 0 Å². The Labute approximate surface area is 168 Å². The SMILES string of the molecule is CC(Cc1ccc(OCC2([P+](=O)O)CCCCC2)cc1)NC(=O)OC(C)(C)C. The van der Waals surface area contributed by atoms with Crippen molar-refractivity contribution in [2.24, 2.45) is 0 Å². The molecule has 2 atom stereocenters. The second-order valence-electron chi connectivity index (χ2n) is 8.74. The van der Waals surface area contributed by atoms with Crippen molar-refractivity contribution in [2.75, 3.05) is 6.61 Å². The number of alkyl carbamates (subject to hydrolysis) is 1. The molecule has 2 rings (SSSR count). The van der Waals surface area contributed by atoms with Crippen molar-refractivity contribution < 1.29 is 23.7 Å². The van der Waals surface area contributed by atoms with E-state index in [0.29, 0.717) is 12.2 Å². The number of hydrogen-bond donors (Lipinski definition) is 2. The molecule has 0 spiro atoms. The van der Waals surface area contributed by atoms with E-state index in [1.807, 2.05) is 52.0 Å². The van der Waals surface area contributed by atoms with E-state index in [2.05, 4.69) is 5.32 Å². The van der Waals surface area contributed by atoms with E-state index in [4.69, 9.17) is 9.47 Å². The van der Waals surface area contributed by atoms with Crippen molar-refractivity contribution in [3.8, 4) is 5.75 Å². The summed E-state index contributed by atoms with van der Waals surface area (Å²) in [6, 6.07) is 7.59. The van der Waals surface area contributed by atoms with Gasteiger partial charge in [-0.1, -0.05) is 18.6 Å². The molecular formula is C21H33NO5P+. The molecule has 156 valence electrons. The molecule has 28 heavy (non-hydrogen) atoms. The average Bonchev–Trinajstić information content (AvgIpc) is 2.60. The Morgan fingerprint density at radius 1 is 1.21 bits per heavy atom. The van der Waals surface area contributed by atoms with Crippen molar-refractivity contribution in [1.29, 1.82) is 0 Å². The second-order valence-corrected chi connectivity index (χ2v) is 10.2. The highest BCUT2D eigenvalue weighted by atomic mass is 31.1. The van der Waals surface area contributed by atoms with E-state index in [1.165, 1.54) is 0 Å². The highest BCUT2D eigenvalue weighted by molar-refractivity contribution is 7.40. The molecule has 0 aliphatic heterocycles. The van der Waals surface area contributed by atoms with Crippen LogP contribution in [0.2, 0.25) is 0 Å². The van der Waals surface area contributed by atoms with Crippen molar-refractivity contribution in [3.63, 3.8) is 0 Å². The van der Waals surface area contributed by atoms with E-state index >= 15 is 0 Å². The van der Waals surface area contributed by atoms with Crippen LogP contribution in [-0.2, 0) is 15.7 Å². The molecule has 0 bridgehead atoms. The molecule has 0 aromatic heterocycles. The Hall–Kier alpha value is -1.65. The van der Waals surface area contributed by atoms with E-state index in [-0.39, 0.29) is 12.6 Å². The lowest BCUT2D eigenvalue weighted by molar-refractivity contribution is 0.0508. The van der Waals surface area contributed by atoms with Crippen LogP contribution in [0.3, 0.4) is 0 Å². The Balaban J connectivity index is 1.85. The van der Waals surface area contributed by atoms with Crippen molar-refractivity contribution in [3.05, 3.63) is 29.8 Å². The van der Waals surface area contributed by atoms with Crippen LogP contribution < -0.4 is 10.1 Å². The molecule has 7 heteroatoms. The second kappa shape index (κ2) is 9.71. The first kappa shape index (κ1) is 22.6. The van der Waals surface area contributed by atoms with Crippen LogP contribution >= 0.6 is 8.03 Å². The van der Waals surface area contributed by atoms with Crippen LogP contribution in [0.4, 0.5) is 4.79 Å². The summed E-state index contributed by atoms with van der Waals surface area (Å²) in [7, 11) is -2.26. The molecule has 1 aliphatic carbocycles. The zero-order valence-electron chi connectivity index (χ0n) is 17.4. The first-order chi connectivity index (χ1) is 13.1. The minimum absolute atomic E-state index is 0.0643. The number of benzene rings is 1. The number of rotatable bonds is 7. The minimum Gasteiger partial charge on any atom is -0.488 e. The van der Waals surface area contributed by atoms with E-state index in [0.717, 1.165) is 37.7 Å². The van der Waals surface area contributed by atoms with Gasteiger partial charge in [0.1, 0.15) is 18.0 Å². The highest BCUT2D eigenvalue weighted by Gasteiger charge is 2.50. The molecule has 1 saturated carbocycles. The van der Waals surface area contributed by atoms with Crippen LogP contribution in [0.25, 0.3) is 0 Å². The van der Waals surface area contributed by atoms with E-state index in [1.54, 1.807) is 0 Å². The third-order valence-corrected chi connectivity index (χ3v) is 6.31. The predicted molar refractivity (Wildman–Crippen MR) is 110 cm³/mol. The summed E-state index contributed by atoms with van der Waals surface area (Å²) in [6.45, 7) is 7.70. The summed E-state index contributed by atoms with van der Waals surface area (Å²) < 4.78 is 23.0. The van der Waals surface area contributed by atoms with Gasteiger partial charge < -0.3 is 14.8 Å². The number of carbonyl (C=O) groups is 1. The fraction of sp³-hybridized carbons (Fsp3) is 0.667. The predicted octanol–water partition coefficient (Wildman–Crippen LogP) is 4.96. The number of ether oxygens (including phenoxy) is 2. The largest absolute Gasteiger partial charge is 0.515 e. The van der Waals surface area contributed by atoms with E-state index in [9.17, 15) is 14.3 Å². The normalized spacial score (nSPS) is 18.1. The molecule has 1 fully saturated rings. The summed E-state index contributed by atoms with van der Waals surface area (Å²) in [5, 5.41) is 2.22. The molecule has 0 radical (unpaired) electrons. The van der Waals surface area contributed by atoms with Gasteiger partial charge in [0.2, 0.25) is 5.16 Å². The minimum atomic E-state index is -2.26. The molecule has 0 heterocycles. The number of nitrogens with one attached hydrogen (secondary N) is 1. The number of amides is 1. The molecular weight excluding hydrogens is 377 g/mol. The van der Waals surface area contributed by atoms with Gasteiger partial charge in [0.25, 0.3) is 0 Å². The summed E-state index contributed by atoms with van der Waals surface area (Å²) in [4.78, 5) is 21.6. The average molecular weight is 410 g/mol. The fourth-order valence-corrected chi connectivity index (χ4v) is 4.33. The topological polar surface area (TPSA) is 84.9 Å². The summed E-state index contributed by atoms with van der Waals surface area (Å²) in [5.74, 6) is 0.693. The Morgan fingerprint density at radius 2 is 1.82 bits per heavy atom. The van der Waals surface area contributed by atoms with Crippen LogP contribution in [0.1, 0.15) is 65.4 Å². The lowest BCUT2D eigenvalue weighted by atomic mass is 9.89. The lowest BCUT2D eigenvalue weighted by Crippen LogP contribution is -2.38. The first-order valence-electron chi connectivity index (χ1n) is 9.97. The monoisotopic (exact) mass is 410 g/mol. The zero-order chi connectivity index (χ0) is 20.8. The van der Waals surface area contributed by atoms with Crippen molar-refractivity contribution in [2.45, 2.75) is 83.0 Å². The van der Waals surface area contributed by atoms with E-state index < -0.39 is 24.9 Å². The van der Waals surface area contributed by atoms with Crippen LogP contribution in [0.15, 0.2) is 24.3 Å². The fourth-order valence-electron chi connectivity index (χ4n) is 3.45. The molecule has 6 nitrogen and oxygen atoms in total. The molecule has 1 aromatic rings. The van der Waals surface area contributed by atoms with Crippen molar-refractivity contribution >= 4 is 14.1 Å². The third kappa shape index (κ3) is 7.06. The molecule has 0 saturated heterocycles. The van der Waals surface area contributed by atoms with Gasteiger partial charge in [-0.2, -0.15) is 4.89 Å². The van der Waals surface area contributed by atoms with Crippen LogP contribution in [0.5, 0.6) is 5.75 Å². The molecule has 2 N–H and O–H groups in total. The van der Waals surface area contributed by atoms with Crippen LogP contribution in [0, 0.1) is 0 Å². The highest BCUT2D eigenvalue weighted by Crippen LogP contribution is 2.46. The third-order valence-electron chi connectivity index (χ3n) is 4.93. The van der Waals surface area contributed by atoms with Gasteiger partial charge in [0.05, 0.1) is 0 Å². The van der Waals surface area contributed by atoms with Crippen LogP contribution in [-0.4, -0.2) is 34.4 Å². The smallest absolute Gasteiger partial charge is 0.488 e. The Kier molecular flexibility index (Phi) is 7.85. The maximum absolute atomic E-state index is 11.9. The van der Waals surface area contributed by atoms with Gasteiger partial charge >= 0.3 is 14.1 Å².